The molecular formula is C13H14ClN3S. The Morgan fingerprint density at radius 2 is 2.00 bits per heavy atom. The summed E-state index contributed by atoms with van der Waals surface area (Å²) < 4.78 is 0.789. The zero-order valence-corrected chi connectivity index (χ0v) is 11.6. The molecule has 94 valence electrons. The van der Waals surface area contributed by atoms with Gasteiger partial charge in [-0.1, -0.05) is 29.8 Å². The summed E-state index contributed by atoms with van der Waals surface area (Å²) in [5, 5.41) is 0. The maximum Gasteiger partial charge on any atom is 0.196 e. The SMILES string of the molecule is CN(Cc1ccc(Cl)s1)C(N)=Nc1ccccc1. The molecule has 1 aromatic carbocycles. The Bertz CT molecular complexity index is 536. The maximum atomic E-state index is 5.95. The van der Waals surface area contributed by atoms with Crippen LogP contribution in [0.15, 0.2) is 47.5 Å². The molecule has 2 N–H and O–H groups in total. The Morgan fingerprint density at radius 3 is 2.61 bits per heavy atom. The van der Waals surface area contributed by atoms with E-state index < -0.39 is 0 Å². The zero-order chi connectivity index (χ0) is 13.0. The Hall–Kier alpha value is -1.52. The van der Waals surface area contributed by atoms with E-state index in [4.69, 9.17) is 17.3 Å². The fourth-order valence-corrected chi connectivity index (χ4v) is 2.61. The summed E-state index contributed by atoms with van der Waals surface area (Å²) in [6.45, 7) is 0.708. The Morgan fingerprint density at radius 1 is 1.28 bits per heavy atom. The first-order valence-electron chi connectivity index (χ1n) is 5.50. The first-order chi connectivity index (χ1) is 8.65. The molecule has 2 aromatic rings. The van der Waals surface area contributed by atoms with E-state index >= 15 is 0 Å². The number of thiophene rings is 1. The third-order valence-corrected chi connectivity index (χ3v) is 3.63. The molecule has 0 fully saturated rings. The fourth-order valence-electron chi connectivity index (χ4n) is 1.47. The normalized spacial score (nSPS) is 11.6. The van der Waals surface area contributed by atoms with Crippen molar-refractivity contribution in [2.75, 3.05) is 7.05 Å². The molecule has 18 heavy (non-hydrogen) atoms. The Kier molecular flexibility index (Phi) is 4.23. The van der Waals surface area contributed by atoms with Crippen molar-refractivity contribution in [3.63, 3.8) is 0 Å². The molecular weight excluding hydrogens is 266 g/mol. The lowest BCUT2D eigenvalue weighted by Gasteiger charge is -2.16. The topological polar surface area (TPSA) is 41.6 Å². The smallest absolute Gasteiger partial charge is 0.196 e. The third-order valence-electron chi connectivity index (χ3n) is 2.41. The summed E-state index contributed by atoms with van der Waals surface area (Å²) in [5.41, 5.74) is 6.80. The molecule has 0 saturated heterocycles. The average Bonchev–Trinajstić information content (AvgIpc) is 2.76. The van der Waals surface area contributed by atoms with Crippen LogP contribution in [0.4, 0.5) is 5.69 Å². The van der Waals surface area contributed by atoms with Crippen LogP contribution in [0.25, 0.3) is 0 Å². The highest BCUT2D eigenvalue weighted by Gasteiger charge is 2.05. The van der Waals surface area contributed by atoms with E-state index in [9.17, 15) is 0 Å². The molecule has 0 amide bonds. The van der Waals surface area contributed by atoms with Crippen molar-refractivity contribution in [2.24, 2.45) is 10.7 Å². The molecule has 5 heteroatoms. The number of para-hydroxylation sites is 1. The van der Waals surface area contributed by atoms with Crippen molar-refractivity contribution in [1.29, 1.82) is 0 Å². The van der Waals surface area contributed by atoms with Crippen LogP contribution in [-0.4, -0.2) is 17.9 Å². The van der Waals surface area contributed by atoms with Crippen LogP contribution >= 0.6 is 22.9 Å². The Balaban J connectivity index is 2.05. The van der Waals surface area contributed by atoms with Crippen LogP contribution < -0.4 is 5.73 Å². The number of benzene rings is 1. The van der Waals surface area contributed by atoms with E-state index in [2.05, 4.69) is 4.99 Å². The van der Waals surface area contributed by atoms with Gasteiger partial charge in [0.15, 0.2) is 5.96 Å². The van der Waals surface area contributed by atoms with Crippen LogP contribution in [-0.2, 0) is 6.54 Å². The minimum absolute atomic E-state index is 0.491. The highest BCUT2D eigenvalue weighted by atomic mass is 35.5. The van der Waals surface area contributed by atoms with Gasteiger partial charge in [-0.15, -0.1) is 11.3 Å². The van der Waals surface area contributed by atoms with Crippen LogP contribution in [0.2, 0.25) is 4.34 Å². The molecule has 0 aliphatic rings. The van der Waals surface area contributed by atoms with Gasteiger partial charge in [-0.25, -0.2) is 4.99 Å². The first kappa shape index (κ1) is 12.9. The molecule has 0 aliphatic carbocycles. The van der Waals surface area contributed by atoms with Gasteiger partial charge in [0.25, 0.3) is 0 Å². The van der Waals surface area contributed by atoms with E-state index in [0.29, 0.717) is 12.5 Å². The highest BCUT2D eigenvalue weighted by Crippen LogP contribution is 2.22. The lowest BCUT2D eigenvalue weighted by atomic mass is 10.3. The second-order valence-electron chi connectivity index (χ2n) is 3.87. The summed E-state index contributed by atoms with van der Waals surface area (Å²) in [6.07, 6.45) is 0. The minimum atomic E-state index is 0.491. The average molecular weight is 280 g/mol. The molecule has 0 aliphatic heterocycles. The summed E-state index contributed by atoms with van der Waals surface area (Å²) >= 11 is 7.44. The number of rotatable bonds is 3. The number of aliphatic imine (C=N–C) groups is 1. The number of nitrogens with two attached hydrogens (primary N) is 1. The number of guanidine groups is 1. The lowest BCUT2D eigenvalue weighted by Crippen LogP contribution is -2.32. The molecule has 1 aromatic heterocycles. The number of hydrogen-bond donors (Lipinski definition) is 1. The standard InChI is InChI=1S/C13H14ClN3S/c1-17(9-11-7-8-12(14)18-11)13(15)16-10-5-3-2-4-6-10/h2-8H,9H2,1H3,(H2,15,16). The van der Waals surface area contributed by atoms with E-state index in [1.807, 2.05) is 54.4 Å². The summed E-state index contributed by atoms with van der Waals surface area (Å²) in [7, 11) is 1.91. The van der Waals surface area contributed by atoms with Gasteiger partial charge in [-0.2, -0.15) is 0 Å². The van der Waals surface area contributed by atoms with Crippen LogP contribution in [0.1, 0.15) is 4.88 Å². The van der Waals surface area contributed by atoms with Gasteiger partial charge in [0, 0.05) is 11.9 Å². The number of halogens is 1. The van der Waals surface area contributed by atoms with Gasteiger partial charge in [0.05, 0.1) is 16.6 Å². The quantitative estimate of drug-likeness (QED) is 0.690. The zero-order valence-electron chi connectivity index (χ0n) is 10.0. The Labute approximate surface area is 116 Å². The molecule has 2 rings (SSSR count). The first-order valence-corrected chi connectivity index (χ1v) is 6.69. The van der Waals surface area contributed by atoms with E-state index in [0.717, 1.165) is 14.9 Å². The molecule has 0 radical (unpaired) electrons. The summed E-state index contributed by atoms with van der Waals surface area (Å²) in [6, 6.07) is 13.5. The predicted octanol–water partition coefficient (Wildman–Crippen LogP) is 3.48. The van der Waals surface area contributed by atoms with E-state index in [1.54, 1.807) is 11.3 Å². The van der Waals surface area contributed by atoms with Crippen molar-refractivity contribution in [3.8, 4) is 0 Å². The van der Waals surface area contributed by atoms with Crippen molar-refractivity contribution in [1.82, 2.24) is 4.90 Å². The predicted molar refractivity (Wildman–Crippen MR) is 78.5 cm³/mol. The van der Waals surface area contributed by atoms with E-state index in [1.165, 1.54) is 0 Å². The molecule has 0 spiro atoms. The van der Waals surface area contributed by atoms with Crippen molar-refractivity contribution >= 4 is 34.6 Å². The third kappa shape index (κ3) is 3.48. The summed E-state index contributed by atoms with van der Waals surface area (Å²) in [5.74, 6) is 0.491. The van der Waals surface area contributed by atoms with E-state index in [-0.39, 0.29) is 0 Å². The van der Waals surface area contributed by atoms with Gasteiger partial charge in [-0.3, -0.25) is 0 Å². The van der Waals surface area contributed by atoms with Gasteiger partial charge in [0.1, 0.15) is 0 Å². The van der Waals surface area contributed by atoms with Gasteiger partial charge in [0.2, 0.25) is 0 Å². The monoisotopic (exact) mass is 279 g/mol. The van der Waals surface area contributed by atoms with Crippen LogP contribution in [0.5, 0.6) is 0 Å². The number of hydrogen-bond acceptors (Lipinski definition) is 2. The second kappa shape index (κ2) is 5.89. The van der Waals surface area contributed by atoms with Crippen molar-refractivity contribution < 1.29 is 0 Å². The highest BCUT2D eigenvalue weighted by molar-refractivity contribution is 7.16. The second-order valence-corrected chi connectivity index (χ2v) is 5.67. The molecule has 0 unspecified atom stereocenters. The van der Waals surface area contributed by atoms with Gasteiger partial charge < -0.3 is 10.6 Å². The maximum absolute atomic E-state index is 5.95. The van der Waals surface area contributed by atoms with Gasteiger partial charge >= 0.3 is 0 Å². The number of nitrogens with zero attached hydrogens (tertiary/aromatic N) is 2. The molecule has 0 saturated carbocycles. The molecule has 1 heterocycles. The molecule has 3 nitrogen and oxygen atoms in total. The van der Waals surface area contributed by atoms with Gasteiger partial charge in [-0.05, 0) is 24.3 Å². The van der Waals surface area contributed by atoms with Crippen LogP contribution in [0, 0.1) is 0 Å². The largest absolute Gasteiger partial charge is 0.369 e. The molecule has 0 bridgehead atoms. The lowest BCUT2D eigenvalue weighted by molar-refractivity contribution is 0.500. The molecule has 0 atom stereocenters. The minimum Gasteiger partial charge on any atom is -0.369 e. The van der Waals surface area contributed by atoms with Crippen molar-refractivity contribution in [3.05, 3.63) is 51.7 Å². The summed E-state index contributed by atoms with van der Waals surface area (Å²) in [4.78, 5) is 7.41. The van der Waals surface area contributed by atoms with Crippen LogP contribution in [0.3, 0.4) is 0 Å². The van der Waals surface area contributed by atoms with Crippen molar-refractivity contribution in [2.45, 2.75) is 6.54 Å². The fraction of sp³-hybridized carbons (Fsp3) is 0.154.